The van der Waals surface area contributed by atoms with Crippen molar-refractivity contribution < 1.29 is 28.2 Å². The molecule has 0 atom stereocenters. The smallest absolute Gasteiger partial charge is 0.338 e. The molecule has 0 aliphatic carbocycles. The number of esters is 2. The van der Waals surface area contributed by atoms with E-state index in [0.717, 1.165) is 23.5 Å². The predicted octanol–water partition coefficient (Wildman–Crippen LogP) is 6.22. The number of hydrogen-bond acceptors (Lipinski definition) is 5. The number of halogens is 1. The third-order valence-corrected chi connectivity index (χ3v) is 4.49. The Bertz CT molecular complexity index is 1210. The first-order valence-corrected chi connectivity index (χ1v) is 9.90. The second-order valence-corrected chi connectivity index (χ2v) is 6.94. The average molecular weight is 444 g/mol. The zero-order chi connectivity index (χ0) is 23.8. The Morgan fingerprint density at radius 1 is 0.848 bits per heavy atom. The van der Waals surface area contributed by atoms with E-state index in [-0.39, 0.29) is 11.3 Å². The summed E-state index contributed by atoms with van der Waals surface area (Å²) >= 11 is 0. The maximum Gasteiger partial charge on any atom is 0.338 e. The Labute approximate surface area is 191 Å². The molecule has 3 aromatic carbocycles. The Balaban J connectivity index is 1.67. The molecule has 0 aromatic heterocycles. The Hall–Kier alpha value is -4.45. The van der Waals surface area contributed by atoms with E-state index in [1.54, 1.807) is 24.3 Å². The van der Waals surface area contributed by atoms with Gasteiger partial charge in [-0.2, -0.15) is 0 Å². The molecular weight excluding hydrogens is 423 g/mol. The van der Waals surface area contributed by atoms with Crippen LogP contribution in [0.5, 0.6) is 11.5 Å². The van der Waals surface area contributed by atoms with Gasteiger partial charge >= 0.3 is 11.9 Å². The molecule has 0 aliphatic rings. The highest BCUT2D eigenvalue weighted by Gasteiger charge is 2.11. The highest BCUT2D eigenvalue weighted by atomic mass is 19.1. The second-order valence-electron chi connectivity index (χ2n) is 6.94. The topological polar surface area (TPSA) is 61.8 Å². The molecule has 0 aliphatic heterocycles. The van der Waals surface area contributed by atoms with Gasteiger partial charge in [-0.05, 0) is 47.9 Å². The van der Waals surface area contributed by atoms with Gasteiger partial charge in [0.25, 0.3) is 0 Å². The van der Waals surface area contributed by atoms with Crippen LogP contribution in [0.4, 0.5) is 4.39 Å². The summed E-state index contributed by atoms with van der Waals surface area (Å²) in [5.74, 6) is -0.985. The molecule has 0 saturated carbocycles. The van der Waals surface area contributed by atoms with Gasteiger partial charge in [-0.3, -0.25) is 0 Å². The van der Waals surface area contributed by atoms with Crippen molar-refractivity contribution in [2.45, 2.75) is 6.92 Å². The SMILES string of the molecule is C=CC(=O)OC=COc1ccc(-c2ccc(-c3ccc(OC(=O)C(=C)C)cc3F)cc2)cc1. The lowest BCUT2D eigenvalue weighted by atomic mass is 10.00. The molecule has 0 bridgehead atoms. The summed E-state index contributed by atoms with van der Waals surface area (Å²) in [5, 5.41) is 0. The zero-order valence-corrected chi connectivity index (χ0v) is 17.9. The van der Waals surface area contributed by atoms with Crippen LogP contribution >= 0.6 is 0 Å². The van der Waals surface area contributed by atoms with E-state index in [2.05, 4.69) is 17.9 Å². The molecule has 6 heteroatoms. The Morgan fingerprint density at radius 3 is 2.00 bits per heavy atom. The van der Waals surface area contributed by atoms with Crippen molar-refractivity contribution >= 4 is 11.9 Å². The fourth-order valence-corrected chi connectivity index (χ4v) is 2.81. The van der Waals surface area contributed by atoms with Crippen LogP contribution in [-0.4, -0.2) is 11.9 Å². The van der Waals surface area contributed by atoms with Crippen molar-refractivity contribution in [3.05, 3.63) is 110 Å². The number of hydrogen-bond donors (Lipinski definition) is 0. The van der Waals surface area contributed by atoms with E-state index in [4.69, 9.17) is 9.47 Å². The van der Waals surface area contributed by atoms with E-state index in [1.165, 1.54) is 19.3 Å². The summed E-state index contributed by atoms with van der Waals surface area (Å²) in [6, 6.07) is 19.0. The summed E-state index contributed by atoms with van der Waals surface area (Å²) < 4.78 is 29.7. The predicted molar refractivity (Wildman–Crippen MR) is 124 cm³/mol. The van der Waals surface area contributed by atoms with Crippen molar-refractivity contribution in [2.24, 2.45) is 0 Å². The van der Waals surface area contributed by atoms with E-state index >= 15 is 0 Å². The lowest BCUT2D eigenvalue weighted by Gasteiger charge is -2.09. The quantitative estimate of drug-likeness (QED) is 0.179. The zero-order valence-electron chi connectivity index (χ0n) is 17.9. The van der Waals surface area contributed by atoms with Crippen LogP contribution in [0.15, 0.2) is 104 Å². The van der Waals surface area contributed by atoms with Crippen LogP contribution in [-0.2, 0) is 14.3 Å². The summed E-state index contributed by atoms with van der Waals surface area (Å²) in [6.07, 6.45) is 3.44. The fraction of sp³-hybridized carbons (Fsp3) is 0.0370. The molecule has 0 N–H and O–H groups in total. The molecule has 5 nitrogen and oxygen atoms in total. The molecule has 33 heavy (non-hydrogen) atoms. The van der Waals surface area contributed by atoms with E-state index in [1.807, 2.05) is 36.4 Å². The fourth-order valence-electron chi connectivity index (χ4n) is 2.81. The molecule has 0 radical (unpaired) electrons. The van der Waals surface area contributed by atoms with Gasteiger partial charge in [0.15, 0.2) is 0 Å². The summed E-state index contributed by atoms with van der Waals surface area (Å²) in [6.45, 7) is 8.32. The van der Waals surface area contributed by atoms with Gasteiger partial charge in [-0.25, -0.2) is 14.0 Å². The Morgan fingerprint density at radius 2 is 1.42 bits per heavy atom. The highest BCUT2D eigenvalue weighted by molar-refractivity contribution is 5.88. The minimum Gasteiger partial charge on any atom is -0.462 e. The van der Waals surface area contributed by atoms with Crippen LogP contribution < -0.4 is 9.47 Å². The van der Waals surface area contributed by atoms with E-state index in [9.17, 15) is 14.0 Å². The maximum atomic E-state index is 14.6. The first-order chi connectivity index (χ1) is 15.9. The number of rotatable bonds is 8. The van der Waals surface area contributed by atoms with E-state index < -0.39 is 17.8 Å². The van der Waals surface area contributed by atoms with Crippen molar-refractivity contribution in [2.75, 3.05) is 0 Å². The van der Waals surface area contributed by atoms with Gasteiger partial charge in [0.1, 0.15) is 29.8 Å². The van der Waals surface area contributed by atoms with Gasteiger partial charge in [0.2, 0.25) is 0 Å². The van der Waals surface area contributed by atoms with Crippen molar-refractivity contribution in [1.29, 1.82) is 0 Å². The molecule has 0 heterocycles. The van der Waals surface area contributed by atoms with Gasteiger partial charge in [-0.1, -0.05) is 49.6 Å². The first-order valence-electron chi connectivity index (χ1n) is 9.90. The van der Waals surface area contributed by atoms with Crippen LogP contribution in [0, 0.1) is 5.82 Å². The van der Waals surface area contributed by atoms with Gasteiger partial charge in [0, 0.05) is 23.3 Å². The summed E-state index contributed by atoms with van der Waals surface area (Å²) in [7, 11) is 0. The van der Waals surface area contributed by atoms with Gasteiger partial charge < -0.3 is 14.2 Å². The monoisotopic (exact) mass is 444 g/mol. The van der Waals surface area contributed by atoms with Crippen LogP contribution in [0.1, 0.15) is 6.92 Å². The highest BCUT2D eigenvalue weighted by Crippen LogP contribution is 2.29. The van der Waals surface area contributed by atoms with Crippen molar-refractivity contribution in [3.8, 4) is 33.8 Å². The Kier molecular flexibility index (Phi) is 7.55. The normalized spacial score (nSPS) is 10.5. The lowest BCUT2D eigenvalue weighted by Crippen LogP contribution is -2.08. The minimum atomic E-state index is -0.602. The van der Waals surface area contributed by atoms with Crippen LogP contribution in [0.3, 0.4) is 0 Å². The lowest BCUT2D eigenvalue weighted by molar-refractivity contribution is -0.132. The molecule has 0 unspecified atom stereocenters. The number of carbonyl (C=O) groups is 2. The number of benzene rings is 3. The molecule has 166 valence electrons. The van der Waals surface area contributed by atoms with Crippen LogP contribution in [0.2, 0.25) is 0 Å². The molecule has 0 saturated heterocycles. The largest absolute Gasteiger partial charge is 0.462 e. The van der Waals surface area contributed by atoms with Gasteiger partial charge in [-0.15, -0.1) is 0 Å². The molecule has 3 rings (SSSR count). The van der Waals surface area contributed by atoms with Crippen molar-refractivity contribution in [3.63, 3.8) is 0 Å². The first kappa shape index (κ1) is 23.2. The van der Waals surface area contributed by atoms with Crippen LogP contribution in [0.25, 0.3) is 22.3 Å². The molecule has 0 fully saturated rings. The summed E-state index contributed by atoms with van der Waals surface area (Å²) in [5.41, 5.74) is 3.20. The standard InChI is InChI=1S/C27H21FO5/c1-4-26(29)32-16-15-31-22-11-9-20(10-12-22)19-5-7-21(8-6-19)24-14-13-23(17-25(24)28)33-27(30)18(2)3/h4-17H,1-2H2,3H3. The molecule has 3 aromatic rings. The van der Waals surface area contributed by atoms with Crippen molar-refractivity contribution in [1.82, 2.24) is 0 Å². The minimum absolute atomic E-state index is 0.122. The third kappa shape index (κ3) is 6.27. The molecular formula is C27H21FO5. The molecule has 0 spiro atoms. The molecule has 0 amide bonds. The number of ether oxygens (including phenoxy) is 3. The number of carbonyl (C=O) groups excluding carboxylic acids is 2. The maximum absolute atomic E-state index is 14.6. The van der Waals surface area contributed by atoms with Gasteiger partial charge in [0.05, 0.1) is 0 Å². The summed E-state index contributed by atoms with van der Waals surface area (Å²) in [4.78, 5) is 22.5. The van der Waals surface area contributed by atoms with E-state index in [0.29, 0.717) is 16.9 Å². The second kappa shape index (κ2) is 10.7. The third-order valence-electron chi connectivity index (χ3n) is 4.49. The average Bonchev–Trinajstić information content (AvgIpc) is 2.82.